The summed E-state index contributed by atoms with van der Waals surface area (Å²) in [5, 5.41) is 3.30. The van der Waals surface area contributed by atoms with Gasteiger partial charge in [0.25, 0.3) is 0 Å². The number of aromatic nitrogens is 3. The molecule has 0 amide bonds. The van der Waals surface area contributed by atoms with E-state index in [9.17, 15) is 4.39 Å². The van der Waals surface area contributed by atoms with Crippen molar-refractivity contribution in [2.45, 2.75) is 0 Å². The van der Waals surface area contributed by atoms with Crippen molar-refractivity contribution in [3.05, 3.63) is 39.7 Å². The summed E-state index contributed by atoms with van der Waals surface area (Å²) in [4.78, 5) is 3.97. The minimum atomic E-state index is -0.481. The molecule has 1 aromatic carbocycles. The minimum Gasteiger partial charge on any atom is -0.335 e. The van der Waals surface area contributed by atoms with Gasteiger partial charge in [0.1, 0.15) is 11.0 Å². The van der Waals surface area contributed by atoms with E-state index < -0.39 is 5.82 Å². The number of nitrogens with one attached hydrogen (secondary N) is 1. The van der Waals surface area contributed by atoms with Gasteiger partial charge in [0.2, 0.25) is 0 Å². The van der Waals surface area contributed by atoms with Gasteiger partial charge in [-0.15, -0.1) is 0 Å². The zero-order chi connectivity index (χ0) is 13.4. The quantitative estimate of drug-likeness (QED) is 0.737. The number of halogens is 3. The average molecular weight is 360 g/mol. The summed E-state index contributed by atoms with van der Waals surface area (Å²) >= 11 is 10.3. The van der Waals surface area contributed by atoms with E-state index in [1.165, 1.54) is 12.3 Å². The molecule has 0 aliphatic heterocycles. The lowest BCUT2D eigenvalue weighted by molar-refractivity contribution is 0.625. The second kappa shape index (κ2) is 4.99. The van der Waals surface area contributed by atoms with Gasteiger partial charge in [-0.05, 0) is 34.1 Å². The van der Waals surface area contributed by atoms with Crippen molar-refractivity contribution >= 4 is 61.8 Å². The van der Waals surface area contributed by atoms with Crippen molar-refractivity contribution in [3.8, 4) is 0 Å². The minimum absolute atomic E-state index is 0.0885. The molecule has 0 aliphatic carbocycles. The number of anilines is 2. The van der Waals surface area contributed by atoms with Gasteiger partial charge in [0.15, 0.2) is 11.6 Å². The summed E-state index contributed by atoms with van der Waals surface area (Å²) in [5.41, 5.74) is 1.80. The van der Waals surface area contributed by atoms with Crippen LogP contribution in [0.1, 0.15) is 0 Å². The Labute approximate surface area is 125 Å². The molecule has 8 heteroatoms. The molecule has 0 atom stereocenters. The first kappa shape index (κ1) is 12.7. The smallest absolute Gasteiger partial charge is 0.166 e. The summed E-state index contributed by atoms with van der Waals surface area (Å²) in [6.45, 7) is 0. The Morgan fingerprint density at radius 2 is 2.16 bits per heavy atom. The van der Waals surface area contributed by atoms with Crippen LogP contribution in [-0.4, -0.2) is 13.7 Å². The summed E-state index contributed by atoms with van der Waals surface area (Å²) < 4.78 is 22.6. The van der Waals surface area contributed by atoms with Crippen LogP contribution in [0.5, 0.6) is 0 Å². The highest BCUT2D eigenvalue weighted by atomic mass is 79.9. The molecule has 3 rings (SSSR count). The molecule has 2 aromatic heterocycles. The van der Waals surface area contributed by atoms with E-state index in [-0.39, 0.29) is 5.82 Å². The van der Waals surface area contributed by atoms with Crippen LogP contribution in [0.4, 0.5) is 15.9 Å². The Bertz CT molecular complexity index is 764. The molecule has 0 saturated heterocycles. The number of pyridine rings is 1. The molecule has 0 spiro atoms. The van der Waals surface area contributed by atoms with E-state index in [0.29, 0.717) is 26.2 Å². The Hall–Kier alpha value is -1.31. The number of fused-ring (bicyclic) bond motifs is 1. The summed E-state index contributed by atoms with van der Waals surface area (Å²) in [6.07, 6.45) is 1.50. The van der Waals surface area contributed by atoms with Crippen molar-refractivity contribution in [1.82, 2.24) is 13.7 Å². The third kappa shape index (κ3) is 2.41. The molecule has 19 heavy (non-hydrogen) atoms. The second-order valence-corrected chi connectivity index (χ2v) is 5.51. The van der Waals surface area contributed by atoms with E-state index in [4.69, 9.17) is 11.6 Å². The molecule has 3 aromatic rings. The van der Waals surface area contributed by atoms with Crippen LogP contribution >= 0.6 is 39.3 Å². The third-order valence-electron chi connectivity index (χ3n) is 2.43. The van der Waals surface area contributed by atoms with E-state index in [0.717, 1.165) is 11.7 Å². The molecule has 0 fully saturated rings. The summed E-state index contributed by atoms with van der Waals surface area (Å²) in [6, 6.07) is 4.77. The molecule has 0 saturated carbocycles. The van der Waals surface area contributed by atoms with E-state index in [1.54, 1.807) is 12.1 Å². The maximum absolute atomic E-state index is 13.8. The van der Waals surface area contributed by atoms with Crippen LogP contribution < -0.4 is 5.32 Å². The predicted molar refractivity (Wildman–Crippen MR) is 77.6 cm³/mol. The first-order valence-electron chi connectivity index (χ1n) is 5.14. The molecular weight excluding hydrogens is 355 g/mol. The molecule has 2 heterocycles. The van der Waals surface area contributed by atoms with Crippen molar-refractivity contribution in [3.63, 3.8) is 0 Å². The van der Waals surface area contributed by atoms with Gasteiger partial charge < -0.3 is 5.32 Å². The second-order valence-electron chi connectivity index (χ2n) is 3.66. The lowest BCUT2D eigenvalue weighted by Gasteiger charge is -2.08. The normalized spacial score (nSPS) is 10.9. The van der Waals surface area contributed by atoms with Crippen LogP contribution in [0.25, 0.3) is 11.0 Å². The fraction of sp³-hybridized carbons (Fsp3) is 0. The van der Waals surface area contributed by atoms with Crippen LogP contribution in [0.15, 0.2) is 28.9 Å². The largest absolute Gasteiger partial charge is 0.335 e. The van der Waals surface area contributed by atoms with Gasteiger partial charge in [-0.3, -0.25) is 0 Å². The number of hydrogen-bond acceptors (Lipinski definition) is 5. The fourth-order valence-corrected chi connectivity index (χ4v) is 2.62. The Morgan fingerprint density at radius 1 is 1.32 bits per heavy atom. The lowest BCUT2D eigenvalue weighted by Crippen LogP contribution is -1.98. The first-order chi connectivity index (χ1) is 9.15. The van der Waals surface area contributed by atoms with Crippen molar-refractivity contribution in [2.75, 3.05) is 5.32 Å². The van der Waals surface area contributed by atoms with Gasteiger partial charge >= 0.3 is 0 Å². The molecule has 96 valence electrons. The topological polar surface area (TPSA) is 50.7 Å². The maximum atomic E-state index is 13.8. The van der Waals surface area contributed by atoms with Crippen LogP contribution in [-0.2, 0) is 0 Å². The summed E-state index contributed by atoms with van der Waals surface area (Å²) in [7, 11) is 0. The van der Waals surface area contributed by atoms with Crippen LogP contribution in [0.3, 0.4) is 0 Å². The Kier molecular flexibility index (Phi) is 3.34. The number of rotatable bonds is 2. The van der Waals surface area contributed by atoms with Crippen molar-refractivity contribution < 1.29 is 4.39 Å². The molecule has 0 bridgehead atoms. The zero-order valence-electron chi connectivity index (χ0n) is 9.19. The lowest BCUT2D eigenvalue weighted by atomic mass is 10.2. The van der Waals surface area contributed by atoms with Crippen molar-refractivity contribution in [2.24, 2.45) is 0 Å². The highest BCUT2D eigenvalue weighted by Gasteiger charge is 2.13. The fourth-order valence-electron chi connectivity index (χ4n) is 1.57. The van der Waals surface area contributed by atoms with Crippen molar-refractivity contribution in [1.29, 1.82) is 0 Å². The Morgan fingerprint density at radius 3 is 2.95 bits per heavy atom. The van der Waals surface area contributed by atoms with Gasteiger partial charge in [0.05, 0.1) is 22.4 Å². The van der Waals surface area contributed by atoms with E-state index in [1.807, 2.05) is 0 Å². The average Bonchev–Trinajstić information content (AvgIpc) is 2.84. The van der Waals surface area contributed by atoms with Crippen LogP contribution in [0.2, 0.25) is 5.02 Å². The SMILES string of the molecule is Fc1cc(Br)cnc1Nc1c(Cl)ccc2nsnc12. The zero-order valence-corrected chi connectivity index (χ0v) is 12.4. The highest BCUT2D eigenvalue weighted by molar-refractivity contribution is 9.10. The molecule has 0 unspecified atom stereocenters. The van der Waals surface area contributed by atoms with E-state index >= 15 is 0 Å². The van der Waals surface area contributed by atoms with Gasteiger partial charge in [-0.2, -0.15) is 8.75 Å². The Balaban J connectivity index is 2.10. The van der Waals surface area contributed by atoms with Gasteiger partial charge in [-0.1, -0.05) is 11.6 Å². The monoisotopic (exact) mass is 358 g/mol. The maximum Gasteiger partial charge on any atom is 0.166 e. The molecule has 0 aliphatic rings. The number of nitrogens with zero attached hydrogens (tertiary/aromatic N) is 3. The number of hydrogen-bond donors (Lipinski definition) is 1. The standard InChI is InChI=1S/C11H5BrClFN4S/c12-5-3-7(14)11(15-4-5)16-9-6(13)1-2-8-10(9)18-19-17-8/h1-4H,(H,15,16). The molecular formula is C11H5BrClFN4S. The van der Waals surface area contributed by atoms with E-state index in [2.05, 4.69) is 35.0 Å². The molecule has 0 radical (unpaired) electrons. The molecule has 1 N–H and O–H groups in total. The molecule has 4 nitrogen and oxygen atoms in total. The first-order valence-corrected chi connectivity index (χ1v) is 7.04. The van der Waals surface area contributed by atoms with Gasteiger partial charge in [-0.25, -0.2) is 9.37 Å². The summed E-state index contributed by atoms with van der Waals surface area (Å²) in [5.74, 6) is -0.392. The number of benzene rings is 1. The van der Waals surface area contributed by atoms with Gasteiger partial charge in [0, 0.05) is 10.7 Å². The highest BCUT2D eigenvalue weighted by Crippen LogP contribution is 2.32. The predicted octanol–water partition coefficient (Wildman–Crippen LogP) is 4.38. The van der Waals surface area contributed by atoms with Crippen LogP contribution in [0, 0.1) is 5.82 Å². The third-order valence-corrected chi connectivity index (χ3v) is 3.72.